The lowest BCUT2D eigenvalue weighted by Gasteiger charge is -2.24. The number of carbonyl (C=O) groups excluding carboxylic acids is 3. The fourth-order valence-corrected chi connectivity index (χ4v) is 6.27. The highest BCUT2D eigenvalue weighted by atomic mass is 35.5. The highest BCUT2D eigenvalue weighted by Crippen LogP contribution is 2.35. The molecule has 0 unspecified atom stereocenters. The predicted octanol–water partition coefficient (Wildman–Crippen LogP) is 9.03. The van der Waals surface area contributed by atoms with Crippen LogP contribution >= 0.6 is 11.6 Å². The molecule has 1 atom stereocenters. The number of carbonyl (C=O) groups is 3. The van der Waals surface area contributed by atoms with Crippen LogP contribution in [0.5, 0.6) is 5.75 Å². The van der Waals surface area contributed by atoms with E-state index in [1.807, 2.05) is 19.0 Å². The fraction of sp³-hybridized carbons (Fsp3) is 0.550. The number of ether oxygens (including phenoxy) is 1. The number of rotatable bonds is 22. The van der Waals surface area contributed by atoms with Crippen LogP contribution in [0.2, 0.25) is 5.02 Å². The highest BCUT2D eigenvalue weighted by Gasteiger charge is 2.26. The second-order valence-electron chi connectivity index (χ2n) is 13.4. The van der Waals surface area contributed by atoms with Crippen LogP contribution < -0.4 is 21.0 Å². The first-order valence-electron chi connectivity index (χ1n) is 18.6. The number of fused-ring (bicyclic) bond motifs is 1. The first-order valence-corrected chi connectivity index (χ1v) is 19.0. The molecule has 0 saturated carbocycles. The smallest absolute Gasteiger partial charge is 0.336 e. The fourth-order valence-electron chi connectivity index (χ4n) is 5.98. The number of unbranched alkanes of at least 4 members (excludes halogenated alkanes) is 10. The van der Waals surface area contributed by atoms with Crippen LogP contribution in [0.3, 0.4) is 0 Å². The van der Waals surface area contributed by atoms with E-state index in [0.29, 0.717) is 45.9 Å². The van der Waals surface area contributed by atoms with Gasteiger partial charge in [-0.1, -0.05) is 88.8 Å². The van der Waals surface area contributed by atoms with Crippen molar-refractivity contribution in [1.82, 2.24) is 15.1 Å². The molecule has 0 radical (unpaired) electrons. The molecule has 0 aliphatic rings. The molecule has 51 heavy (non-hydrogen) atoms. The van der Waals surface area contributed by atoms with Gasteiger partial charge in [-0.05, 0) is 71.6 Å². The molecule has 280 valence electrons. The topological polar surface area (TPSA) is 121 Å². The van der Waals surface area contributed by atoms with Crippen LogP contribution in [0.4, 0.5) is 10.5 Å². The zero-order valence-electron chi connectivity index (χ0n) is 31.2. The zero-order chi connectivity index (χ0) is 37.2. The lowest BCUT2D eigenvalue weighted by molar-refractivity contribution is -0.134. The molecule has 11 heteroatoms. The van der Waals surface area contributed by atoms with Gasteiger partial charge in [0.1, 0.15) is 11.3 Å². The van der Waals surface area contributed by atoms with Gasteiger partial charge in [0.2, 0.25) is 5.91 Å². The first-order chi connectivity index (χ1) is 24.5. The third-order valence-corrected chi connectivity index (χ3v) is 9.13. The van der Waals surface area contributed by atoms with Crippen LogP contribution in [0.15, 0.2) is 51.7 Å². The largest absolute Gasteiger partial charge is 0.481 e. The molecule has 2 aromatic carbocycles. The molecule has 0 saturated heterocycles. The van der Waals surface area contributed by atoms with Crippen molar-refractivity contribution in [3.05, 3.63) is 57.9 Å². The number of hydrogen-bond acceptors (Lipinski definition) is 7. The summed E-state index contributed by atoms with van der Waals surface area (Å²) in [6, 6.07) is 11.1. The SMILES string of the molecule is CCCCCCCCCCCCCC(=O)Nc1ccc(-c2cc(=O)oc3cc(O[C@H](C)C(=O)N(CC)C(=O)NCCCN(C)C)ccc23)c(Cl)c1. The number of anilines is 1. The molecule has 0 bridgehead atoms. The zero-order valence-corrected chi connectivity index (χ0v) is 31.9. The van der Waals surface area contributed by atoms with Gasteiger partial charge in [0.15, 0.2) is 6.10 Å². The van der Waals surface area contributed by atoms with Crippen molar-refractivity contribution in [1.29, 1.82) is 0 Å². The number of likely N-dealkylation sites (N-methyl/N-ethyl adjacent to an activating group) is 1. The molecular formula is C40H57ClN4O6. The highest BCUT2D eigenvalue weighted by molar-refractivity contribution is 6.34. The van der Waals surface area contributed by atoms with Crippen molar-refractivity contribution in [3.63, 3.8) is 0 Å². The minimum absolute atomic E-state index is 0.0523. The normalized spacial score (nSPS) is 11.8. The van der Waals surface area contributed by atoms with E-state index < -0.39 is 23.7 Å². The Morgan fingerprint density at radius 2 is 1.51 bits per heavy atom. The van der Waals surface area contributed by atoms with Gasteiger partial charge in [0, 0.05) is 53.8 Å². The molecule has 0 aliphatic carbocycles. The summed E-state index contributed by atoms with van der Waals surface area (Å²) in [4.78, 5) is 54.1. The standard InChI is InChI=1S/C40H57ClN4O6/c1-6-8-9-10-11-12-13-14-15-16-17-19-37(46)43-30-20-22-32(35(41)26-30)34-28-38(47)51-36-27-31(21-23-33(34)36)50-29(3)39(48)45(7-2)40(49)42-24-18-25-44(4)5/h20-23,26-29H,6-19,24-25H2,1-5H3,(H,42,49)(H,43,46)/t29-/m1/s1. The monoisotopic (exact) mass is 724 g/mol. The van der Waals surface area contributed by atoms with Crippen LogP contribution in [0.25, 0.3) is 22.1 Å². The van der Waals surface area contributed by atoms with Crippen LogP contribution in [-0.4, -0.2) is 67.5 Å². The quantitative estimate of drug-likeness (QED) is 0.0784. The summed E-state index contributed by atoms with van der Waals surface area (Å²) in [6.07, 6.45) is 13.7. The van der Waals surface area contributed by atoms with Gasteiger partial charge in [-0.15, -0.1) is 0 Å². The molecule has 2 N–H and O–H groups in total. The van der Waals surface area contributed by atoms with E-state index in [2.05, 4.69) is 17.6 Å². The summed E-state index contributed by atoms with van der Waals surface area (Å²) in [5.74, 6) is -0.243. The minimum atomic E-state index is -0.975. The van der Waals surface area contributed by atoms with Crippen LogP contribution in [-0.2, 0) is 9.59 Å². The van der Waals surface area contributed by atoms with Gasteiger partial charge >= 0.3 is 11.7 Å². The maximum Gasteiger partial charge on any atom is 0.336 e. The van der Waals surface area contributed by atoms with E-state index in [4.69, 9.17) is 20.8 Å². The number of benzene rings is 2. The number of imide groups is 1. The third kappa shape index (κ3) is 14.0. The average molecular weight is 725 g/mol. The van der Waals surface area contributed by atoms with Crippen LogP contribution in [0.1, 0.15) is 104 Å². The number of nitrogens with zero attached hydrogens (tertiary/aromatic N) is 2. The number of nitrogens with one attached hydrogen (secondary N) is 2. The van der Waals surface area contributed by atoms with Crippen molar-refractivity contribution in [2.75, 3.05) is 39.0 Å². The van der Waals surface area contributed by atoms with Crippen molar-refractivity contribution in [2.24, 2.45) is 0 Å². The van der Waals surface area contributed by atoms with Crippen molar-refractivity contribution in [2.45, 2.75) is 110 Å². The molecule has 0 fully saturated rings. The molecule has 1 aromatic heterocycles. The van der Waals surface area contributed by atoms with E-state index in [1.165, 1.54) is 57.4 Å². The Hall–Kier alpha value is -3.89. The summed E-state index contributed by atoms with van der Waals surface area (Å²) >= 11 is 6.69. The van der Waals surface area contributed by atoms with E-state index in [9.17, 15) is 19.2 Å². The Kier molecular flexibility index (Phi) is 18.0. The summed E-state index contributed by atoms with van der Waals surface area (Å²) < 4.78 is 11.4. The maximum atomic E-state index is 13.1. The summed E-state index contributed by atoms with van der Waals surface area (Å²) in [7, 11) is 3.91. The molecule has 0 aliphatic heterocycles. The van der Waals surface area contributed by atoms with Crippen molar-refractivity contribution >= 4 is 46.1 Å². The van der Waals surface area contributed by atoms with E-state index in [-0.39, 0.29) is 18.0 Å². The summed E-state index contributed by atoms with van der Waals surface area (Å²) in [5.41, 5.74) is 1.42. The van der Waals surface area contributed by atoms with Crippen LogP contribution in [0, 0.1) is 0 Å². The molecular weight excluding hydrogens is 668 g/mol. The van der Waals surface area contributed by atoms with E-state index in [0.717, 1.165) is 37.1 Å². The Labute approximate surface area is 308 Å². The second kappa shape index (κ2) is 22.1. The van der Waals surface area contributed by atoms with Gasteiger partial charge in [-0.25, -0.2) is 9.59 Å². The Morgan fingerprint density at radius 1 is 0.843 bits per heavy atom. The van der Waals surface area contributed by atoms with Gasteiger partial charge in [0.25, 0.3) is 5.91 Å². The average Bonchev–Trinajstić information content (AvgIpc) is 3.09. The Bertz CT molecular complexity index is 1620. The number of amides is 4. The van der Waals surface area contributed by atoms with E-state index >= 15 is 0 Å². The molecule has 1 heterocycles. The minimum Gasteiger partial charge on any atom is -0.481 e. The number of urea groups is 1. The lowest BCUT2D eigenvalue weighted by atomic mass is 10.0. The number of halogens is 1. The second-order valence-corrected chi connectivity index (χ2v) is 13.8. The Balaban J connectivity index is 1.57. The predicted molar refractivity (Wildman–Crippen MR) is 207 cm³/mol. The molecule has 10 nitrogen and oxygen atoms in total. The van der Waals surface area contributed by atoms with Gasteiger partial charge in [0.05, 0.1) is 5.02 Å². The Morgan fingerprint density at radius 3 is 2.14 bits per heavy atom. The summed E-state index contributed by atoms with van der Waals surface area (Å²) in [5, 5.41) is 6.70. The van der Waals surface area contributed by atoms with Crippen molar-refractivity contribution in [3.8, 4) is 16.9 Å². The molecule has 3 aromatic rings. The van der Waals surface area contributed by atoms with E-state index in [1.54, 1.807) is 50.2 Å². The maximum absolute atomic E-state index is 13.1. The molecule has 3 rings (SSSR count). The third-order valence-electron chi connectivity index (χ3n) is 8.81. The first kappa shape index (κ1) is 41.5. The molecule has 0 spiro atoms. The van der Waals surface area contributed by atoms with Crippen molar-refractivity contribution < 1.29 is 23.5 Å². The number of hydrogen-bond donors (Lipinski definition) is 2. The van der Waals surface area contributed by atoms with Gasteiger partial charge in [-0.2, -0.15) is 0 Å². The van der Waals surface area contributed by atoms with Gasteiger partial charge in [-0.3, -0.25) is 14.5 Å². The lowest BCUT2D eigenvalue weighted by Crippen LogP contribution is -2.48. The van der Waals surface area contributed by atoms with Gasteiger partial charge < -0.3 is 24.7 Å². The molecule has 4 amide bonds. The summed E-state index contributed by atoms with van der Waals surface area (Å²) in [6.45, 7) is 6.98.